The van der Waals surface area contributed by atoms with Gasteiger partial charge in [0, 0.05) is 109 Å². The van der Waals surface area contributed by atoms with Gasteiger partial charge in [0.1, 0.15) is 42.4 Å². The van der Waals surface area contributed by atoms with E-state index in [4.69, 9.17) is 44.0 Å². The maximum Gasteiger partial charge on any atom is 0.277 e. The van der Waals surface area contributed by atoms with Crippen molar-refractivity contribution in [1.29, 1.82) is 0 Å². The predicted octanol–water partition coefficient (Wildman–Crippen LogP) is 6.46. The van der Waals surface area contributed by atoms with Crippen molar-refractivity contribution in [3.63, 3.8) is 0 Å². The first-order valence-electron chi connectivity index (χ1n) is 27.8. The van der Waals surface area contributed by atoms with Crippen LogP contribution in [-0.2, 0) is 54.9 Å². The van der Waals surface area contributed by atoms with Crippen LogP contribution in [0, 0.1) is 63.7 Å². The van der Waals surface area contributed by atoms with Crippen LogP contribution in [0.5, 0.6) is 0 Å². The number of benzene rings is 3. The van der Waals surface area contributed by atoms with Crippen LogP contribution in [0.1, 0.15) is 111 Å². The molecule has 10 rings (SSSR count). The molecule has 0 saturated heterocycles. The van der Waals surface area contributed by atoms with Gasteiger partial charge in [-0.1, -0.05) is 36.0 Å². The molecule has 1 fully saturated rings. The minimum atomic E-state index is -1.07. The van der Waals surface area contributed by atoms with Crippen molar-refractivity contribution in [2.75, 3.05) is 33.0 Å². The molecule has 6 heterocycles. The van der Waals surface area contributed by atoms with Gasteiger partial charge in [0.25, 0.3) is 17.7 Å². The number of nitrogens with one attached hydrogen (secondary N) is 3. The summed E-state index contributed by atoms with van der Waals surface area (Å²) in [6.45, 7) is 5.23. The van der Waals surface area contributed by atoms with E-state index in [2.05, 4.69) is 49.2 Å². The molecular formula is C67H69N9O10. The number of carbonyl (C=O) groups is 3. The maximum atomic E-state index is 13.0. The van der Waals surface area contributed by atoms with Crippen molar-refractivity contribution in [3.8, 4) is 37.0 Å². The van der Waals surface area contributed by atoms with Gasteiger partial charge >= 0.3 is 0 Å². The van der Waals surface area contributed by atoms with Crippen molar-refractivity contribution in [3.05, 3.63) is 193 Å². The first-order chi connectivity index (χ1) is 41.5. The Labute approximate surface area is 498 Å². The number of nitrogens with zero attached hydrogens (tertiary/aromatic N) is 6. The number of pyridine rings is 3. The summed E-state index contributed by atoms with van der Waals surface area (Å²) in [7, 11) is 5.67. The van der Waals surface area contributed by atoms with Crippen LogP contribution < -0.4 is 16.4 Å². The van der Waals surface area contributed by atoms with Crippen LogP contribution >= 0.6 is 0 Å². The summed E-state index contributed by atoms with van der Waals surface area (Å²) in [5.41, 5.74) is 22.3. The Balaban J connectivity index is 0.000000168. The van der Waals surface area contributed by atoms with Gasteiger partial charge < -0.3 is 34.1 Å². The number of hydroxylamine groups is 3. The third-order valence-corrected chi connectivity index (χ3v) is 15.0. The molecule has 3 amide bonds. The monoisotopic (exact) mass is 1160 g/mol. The minimum absolute atomic E-state index is 0.215. The average molecular weight is 1160 g/mol. The van der Waals surface area contributed by atoms with E-state index in [0.29, 0.717) is 70.5 Å². The zero-order valence-corrected chi connectivity index (χ0v) is 48.8. The fourth-order valence-electron chi connectivity index (χ4n) is 9.98. The zero-order valence-electron chi connectivity index (χ0n) is 48.8. The van der Waals surface area contributed by atoms with Gasteiger partial charge in [0.05, 0.1) is 36.5 Å². The average Bonchev–Trinajstić information content (AvgIpc) is 2.35. The van der Waals surface area contributed by atoms with E-state index in [9.17, 15) is 24.6 Å². The van der Waals surface area contributed by atoms with E-state index >= 15 is 0 Å². The molecule has 1 aliphatic rings. The molecule has 86 heavy (non-hydrogen) atoms. The van der Waals surface area contributed by atoms with Gasteiger partial charge in [-0.2, -0.15) is 0 Å². The number of rotatable bonds is 20. The molecule has 0 aliphatic heterocycles. The molecule has 0 bridgehead atoms. The molecule has 2 atom stereocenters. The lowest BCUT2D eigenvalue weighted by atomic mass is 9.99. The summed E-state index contributed by atoms with van der Waals surface area (Å²) >= 11 is 0. The molecule has 19 heteroatoms. The third kappa shape index (κ3) is 14.7. The highest BCUT2D eigenvalue weighted by Gasteiger charge is 2.27. The van der Waals surface area contributed by atoms with Crippen LogP contribution in [0.3, 0.4) is 0 Å². The highest BCUT2D eigenvalue weighted by molar-refractivity contribution is 6.09. The molecule has 19 nitrogen and oxygen atoms in total. The van der Waals surface area contributed by atoms with E-state index < -0.39 is 37.2 Å². The highest BCUT2D eigenvalue weighted by atomic mass is 16.7. The Morgan fingerprint density at radius 1 is 0.535 bits per heavy atom. The van der Waals surface area contributed by atoms with E-state index in [-0.39, 0.29) is 19.1 Å². The molecule has 0 spiro atoms. The summed E-state index contributed by atoms with van der Waals surface area (Å²) in [6.07, 6.45) is 23.4. The number of hydrogen-bond acceptors (Lipinski definition) is 13. The molecule has 6 aromatic heterocycles. The Kier molecular flexibility index (Phi) is 21.0. The molecule has 0 radical (unpaired) electrons. The fraction of sp³-hybridized carbons (Fsp3) is 0.284. The lowest BCUT2D eigenvalue weighted by Crippen LogP contribution is -2.30. The molecule has 1 aliphatic carbocycles. The smallest absolute Gasteiger partial charge is 0.277 e. The number of fused-ring (bicyclic) bond motifs is 3. The summed E-state index contributed by atoms with van der Waals surface area (Å²) in [5.74, 6) is 7.37. The summed E-state index contributed by atoms with van der Waals surface area (Å²) in [6, 6.07) is 28.5. The first kappa shape index (κ1) is 62.6. The van der Waals surface area contributed by atoms with Crippen molar-refractivity contribution in [2.45, 2.75) is 65.1 Å². The normalized spacial score (nSPS) is 12.5. The number of aromatic nitrogens is 6. The Morgan fingerprint density at radius 3 is 1.13 bits per heavy atom. The second kappa shape index (κ2) is 28.9. The van der Waals surface area contributed by atoms with Crippen molar-refractivity contribution >= 4 is 50.8 Å². The third-order valence-electron chi connectivity index (χ3n) is 15.0. The van der Waals surface area contributed by atoms with Crippen molar-refractivity contribution in [1.82, 2.24) is 45.1 Å². The maximum absolute atomic E-state index is 13.0. The van der Waals surface area contributed by atoms with E-state index in [0.717, 1.165) is 78.2 Å². The van der Waals surface area contributed by atoms with Crippen LogP contribution in [0.15, 0.2) is 110 Å². The number of aliphatic hydroxyl groups is 4. The molecule has 1 saturated carbocycles. The van der Waals surface area contributed by atoms with Crippen LogP contribution in [0.2, 0.25) is 0 Å². The minimum Gasteiger partial charge on any atom is -0.394 e. The largest absolute Gasteiger partial charge is 0.394 e. The topological polar surface area (TPSA) is 249 Å². The Bertz CT molecular complexity index is 3910. The van der Waals surface area contributed by atoms with Gasteiger partial charge in [0.15, 0.2) is 0 Å². The number of hydrogen-bond donors (Lipinski definition) is 7. The van der Waals surface area contributed by atoms with Crippen LogP contribution in [0.25, 0.3) is 33.1 Å². The Morgan fingerprint density at radius 2 is 0.849 bits per heavy atom. The van der Waals surface area contributed by atoms with Crippen molar-refractivity contribution in [2.24, 2.45) is 27.1 Å². The second-order valence-corrected chi connectivity index (χ2v) is 21.0. The lowest BCUT2D eigenvalue weighted by Gasteiger charge is -2.12. The number of aryl methyl sites for hydroxylation is 6. The van der Waals surface area contributed by atoms with E-state index in [1.165, 1.54) is 12.8 Å². The van der Waals surface area contributed by atoms with Crippen molar-refractivity contribution < 1.29 is 49.3 Å². The standard InChI is InChI=1S/C23H23N3O2.2C22H23N3O4/c1-4-16-9-10-18(15(2)12-16)13-20-21(23(27)25-28-14-17-7-8-17)19-6-5-11-24-22(19)26(20)3;2*1-4-15-7-8-16(14(2)10-15)11-19-20(22(28)24-29-13-17(27)12-26)18-6-5-9-23-21(18)25(19)3/h1,5-6,9-12,17H,7-8,13-14H2,2-3H3,(H,25,27);2*1,5-10,17,26-27H,11-13H2,2-3H3,(H,24,28)/t;2*17-/m.10/s1. The number of terminal acetylenes is 3. The molecule has 3 aromatic carbocycles. The quantitative estimate of drug-likeness (QED) is 0.0320. The molecule has 9 aromatic rings. The first-order valence-corrected chi connectivity index (χ1v) is 27.8. The lowest BCUT2D eigenvalue weighted by molar-refractivity contribution is -0.0296. The summed E-state index contributed by atoms with van der Waals surface area (Å²) in [4.78, 5) is 67.6. The van der Waals surface area contributed by atoms with E-state index in [1.807, 2.05) is 134 Å². The van der Waals surface area contributed by atoms with Gasteiger partial charge in [-0.05, 0) is 146 Å². The summed E-state index contributed by atoms with van der Waals surface area (Å²) in [5, 5.41) is 38.7. The number of aliphatic hydroxyl groups excluding tert-OH is 4. The molecule has 7 N–H and O–H groups in total. The second-order valence-electron chi connectivity index (χ2n) is 21.0. The molecule has 0 unspecified atom stereocenters. The Hall–Kier alpha value is -9.46. The van der Waals surface area contributed by atoms with Gasteiger partial charge in [-0.3, -0.25) is 28.9 Å². The van der Waals surface area contributed by atoms with Gasteiger partial charge in [-0.25, -0.2) is 31.4 Å². The summed E-state index contributed by atoms with van der Waals surface area (Å²) < 4.78 is 5.77. The van der Waals surface area contributed by atoms with Gasteiger partial charge in [-0.15, -0.1) is 19.3 Å². The zero-order chi connectivity index (χ0) is 61.6. The van der Waals surface area contributed by atoms with Crippen LogP contribution in [0.4, 0.5) is 0 Å². The molecular weight excluding hydrogens is 1090 g/mol. The van der Waals surface area contributed by atoms with Crippen LogP contribution in [-0.4, -0.2) is 112 Å². The fourth-order valence-corrected chi connectivity index (χ4v) is 9.98. The SMILES string of the molecule is C#Cc1ccc(Cc2c(C(=O)NOCC3CC3)c3cccnc3n2C)c(C)c1.C#Cc1ccc(Cc2c(C(=O)NOC[C@@H](O)CO)c3cccnc3n2C)c(C)c1.C#Cc1ccc(Cc2c(C(=O)NOC[C@H](O)CO)c3cccnc3n2C)c(C)c1. The molecule has 442 valence electrons. The van der Waals surface area contributed by atoms with E-state index in [1.54, 1.807) is 30.7 Å². The highest BCUT2D eigenvalue weighted by Crippen LogP contribution is 2.32. The van der Waals surface area contributed by atoms with Gasteiger partial charge in [0.2, 0.25) is 0 Å². The number of amides is 3. The predicted molar refractivity (Wildman–Crippen MR) is 327 cm³/mol. The number of carbonyl (C=O) groups excluding carboxylic acids is 3.